The number of thiol groups is 1. The van der Waals surface area contributed by atoms with E-state index in [1.165, 1.54) is 10.6 Å². The number of unbranched alkanes of at least 4 members (excludes halogenated alkanes) is 1. The zero-order valence-electron chi connectivity index (χ0n) is 15.4. The lowest BCUT2D eigenvalue weighted by atomic mass is 10.1. The van der Waals surface area contributed by atoms with E-state index in [-0.39, 0.29) is 29.7 Å². The minimum Gasteiger partial charge on any atom is -0.486 e. The summed E-state index contributed by atoms with van der Waals surface area (Å²) in [7, 11) is 0. The van der Waals surface area contributed by atoms with E-state index in [9.17, 15) is 14.4 Å². The van der Waals surface area contributed by atoms with E-state index in [1.807, 2.05) is 11.8 Å². The molecule has 0 N–H and O–H groups in total. The van der Waals surface area contributed by atoms with Crippen molar-refractivity contribution in [1.29, 1.82) is 0 Å². The summed E-state index contributed by atoms with van der Waals surface area (Å²) in [6, 6.07) is 0. The minimum atomic E-state index is -0.642. The third-order valence-corrected chi connectivity index (χ3v) is 4.88. The van der Waals surface area contributed by atoms with Gasteiger partial charge in [0.2, 0.25) is 22.5 Å². The third-order valence-electron chi connectivity index (χ3n) is 4.67. The number of piperidine rings is 1. The molecule has 3 rings (SSSR count). The smallest absolute Gasteiger partial charge is 0.302 e. The van der Waals surface area contributed by atoms with Gasteiger partial charge in [0.15, 0.2) is 5.69 Å². The van der Waals surface area contributed by atoms with Gasteiger partial charge in [0.05, 0.1) is 6.61 Å². The van der Waals surface area contributed by atoms with Crippen LogP contribution in [0.2, 0.25) is 0 Å². The highest BCUT2D eigenvalue weighted by atomic mass is 32.1. The summed E-state index contributed by atoms with van der Waals surface area (Å²) in [5.41, 5.74) is -0.595. The molecule has 1 fully saturated rings. The number of amides is 1. The van der Waals surface area contributed by atoms with Crippen molar-refractivity contribution in [3.63, 3.8) is 0 Å². The van der Waals surface area contributed by atoms with Gasteiger partial charge in [-0.1, -0.05) is 26.0 Å². The number of hydrogen-bond acceptors (Lipinski definition) is 5. The van der Waals surface area contributed by atoms with Crippen molar-refractivity contribution < 1.29 is 14.3 Å². The maximum atomic E-state index is 12.8. The van der Waals surface area contributed by atoms with Crippen LogP contribution in [-0.2, 0) is 11.3 Å². The van der Waals surface area contributed by atoms with Crippen molar-refractivity contribution in [2.45, 2.75) is 45.6 Å². The van der Waals surface area contributed by atoms with Crippen molar-refractivity contribution >= 4 is 29.4 Å². The second-order valence-electron chi connectivity index (χ2n) is 6.64. The monoisotopic (exact) mass is 392 g/mol. The fraction of sp³-hybridized carbons (Fsp3) is 0.556. The summed E-state index contributed by atoms with van der Waals surface area (Å²) < 4.78 is 8.39. The van der Waals surface area contributed by atoms with Crippen molar-refractivity contribution in [2.24, 2.45) is 0 Å². The fourth-order valence-corrected chi connectivity index (χ4v) is 3.31. The molecule has 0 unspecified atom stereocenters. The SMILES string of the molecule is CCCCOc1c(C(=O)S)nc2n(CC(=O)N3CCCCC3)ccn2c1=O. The molecule has 1 aliphatic rings. The molecule has 2 aromatic rings. The number of ether oxygens (including phenoxy) is 1. The van der Waals surface area contributed by atoms with Gasteiger partial charge < -0.3 is 14.2 Å². The van der Waals surface area contributed by atoms with Gasteiger partial charge in [0, 0.05) is 25.5 Å². The molecule has 0 atom stereocenters. The second kappa shape index (κ2) is 8.60. The Labute approximate surface area is 162 Å². The van der Waals surface area contributed by atoms with Crippen molar-refractivity contribution in [3.05, 3.63) is 28.4 Å². The second-order valence-corrected chi connectivity index (χ2v) is 7.05. The number of fused-ring (bicyclic) bond motifs is 1. The number of imidazole rings is 1. The van der Waals surface area contributed by atoms with Gasteiger partial charge >= 0.3 is 5.56 Å². The summed E-state index contributed by atoms with van der Waals surface area (Å²) in [6.07, 6.45) is 7.96. The fourth-order valence-electron chi connectivity index (χ4n) is 3.16. The lowest BCUT2D eigenvalue weighted by molar-refractivity contribution is -0.132. The van der Waals surface area contributed by atoms with E-state index in [0.717, 1.165) is 45.2 Å². The standard InChI is InChI=1S/C18H24N4O4S/c1-2-3-11-26-15-14(17(25)27)19-18-21(9-10-22(18)16(15)24)12-13(23)20-7-5-4-6-8-20/h9-10H,2-8,11-12H2,1H3,(H,25,27). The first-order chi connectivity index (χ1) is 13.0. The first-order valence-electron chi connectivity index (χ1n) is 9.28. The topological polar surface area (TPSA) is 85.9 Å². The molecule has 2 aromatic heterocycles. The van der Waals surface area contributed by atoms with Crippen LogP contribution in [0.3, 0.4) is 0 Å². The number of carbonyl (C=O) groups is 2. The Balaban J connectivity index is 1.93. The number of rotatable bonds is 7. The number of nitrogens with zero attached hydrogens (tertiary/aromatic N) is 4. The molecular formula is C18H24N4O4S. The van der Waals surface area contributed by atoms with Gasteiger partial charge in [-0.2, -0.15) is 0 Å². The molecule has 9 heteroatoms. The normalized spacial score (nSPS) is 14.5. The minimum absolute atomic E-state index is 0.0240. The predicted molar refractivity (Wildman–Crippen MR) is 104 cm³/mol. The Morgan fingerprint density at radius 3 is 2.63 bits per heavy atom. The van der Waals surface area contributed by atoms with Crippen molar-refractivity contribution in [1.82, 2.24) is 18.9 Å². The first kappa shape index (κ1) is 19.5. The van der Waals surface area contributed by atoms with Gasteiger partial charge in [-0.05, 0) is 25.7 Å². The lowest BCUT2D eigenvalue weighted by Crippen LogP contribution is -2.37. The van der Waals surface area contributed by atoms with Crippen LogP contribution in [0.4, 0.5) is 0 Å². The molecule has 27 heavy (non-hydrogen) atoms. The third kappa shape index (κ3) is 4.18. The maximum Gasteiger partial charge on any atom is 0.302 e. The van der Waals surface area contributed by atoms with E-state index in [1.54, 1.807) is 10.8 Å². The zero-order valence-corrected chi connectivity index (χ0v) is 16.3. The molecule has 1 saturated heterocycles. The molecule has 8 nitrogen and oxygen atoms in total. The number of likely N-dealkylation sites (tertiary alicyclic amines) is 1. The van der Waals surface area contributed by atoms with Gasteiger partial charge in [0.25, 0.3) is 0 Å². The quantitative estimate of drug-likeness (QED) is 0.573. The molecule has 0 bridgehead atoms. The Bertz CT molecular complexity index is 899. The van der Waals surface area contributed by atoms with E-state index in [0.29, 0.717) is 6.61 Å². The molecule has 146 valence electrons. The number of carbonyl (C=O) groups excluding carboxylic acids is 2. The van der Waals surface area contributed by atoms with Crippen molar-refractivity contribution in [3.8, 4) is 5.75 Å². The van der Waals surface area contributed by atoms with Gasteiger partial charge in [0.1, 0.15) is 6.54 Å². The molecule has 3 heterocycles. The van der Waals surface area contributed by atoms with Crippen LogP contribution in [0.5, 0.6) is 5.75 Å². The predicted octanol–water partition coefficient (Wildman–Crippen LogP) is 1.76. The highest BCUT2D eigenvalue weighted by Gasteiger charge is 2.22. The van der Waals surface area contributed by atoms with Crippen LogP contribution in [0.25, 0.3) is 5.78 Å². The average Bonchev–Trinajstić information content (AvgIpc) is 3.07. The summed E-state index contributed by atoms with van der Waals surface area (Å²) in [4.78, 5) is 43.3. The van der Waals surface area contributed by atoms with Crippen LogP contribution in [0.15, 0.2) is 17.2 Å². The first-order valence-corrected chi connectivity index (χ1v) is 9.73. The largest absolute Gasteiger partial charge is 0.486 e. The molecule has 0 radical (unpaired) electrons. The molecule has 0 spiro atoms. The van der Waals surface area contributed by atoms with Gasteiger partial charge in [-0.15, -0.1) is 0 Å². The Morgan fingerprint density at radius 1 is 1.22 bits per heavy atom. The van der Waals surface area contributed by atoms with E-state index in [4.69, 9.17) is 4.74 Å². The van der Waals surface area contributed by atoms with E-state index < -0.39 is 10.7 Å². The highest BCUT2D eigenvalue weighted by Crippen LogP contribution is 2.16. The Kier molecular flexibility index (Phi) is 6.20. The van der Waals surface area contributed by atoms with Gasteiger partial charge in [-0.3, -0.25) is 14.4 Å². The maximum absolute atomic E-state index is 12.8. The van der Waals surface area contributed by atoms with Crippen LogP contribution in [0, 0.1) is 0 Å². The van der Waals surface area contributed by atoms with Crippen LogP contribution < -0.4 is 10.3 Å². The lowest BCUT2D eigenvalue weighted by Gasteiger charge is -2.26. The molecule has 0 saturated carbocycles. The zero-order chi connectivity index (χ0) is 19.4. The summed E-state index contributed by atoms with van der Waals surface area (Å²) in [6.45, 7) is 3.89. The van der Waals surface area contributed by atoms with E-state index >= 15 is 0 Å². The summed E-state index contributed by atoms with van der Waals surface area (Å²) >= 11 is 3.83. The molecule has 0 aromatic carbocycles. The Morgan fingerprint density at radius 2 is 1.96 bits per heavy atom. The van der Waals surface area contributed by atoms with Crippen molar-refractivity contribution in [2.75, 3.05) is 19.7 Å². The molecule has 1 aliphatic heterocycles. The number of hydrogen-bond donors (Lipinski definition) is 1. The van der Waals surface area contributed by atoms with E-state index in [2.05, 4.69) is 17.6 Å². The highest BCUT2D eigenvalue weighted by molar-refractivity contribution is 7.97. The average molecular weight is 392 g/mol. The van der Waals surface area contributed by atoms with Crippen LogP contribution >= 0.6 is 12.6 Å². The molecule has 1 amide bonds. The van der Waals surface area contributed by atoms with Crippen LogP contribution in [0.1, 0.15) is 49.5 Å². The van der Waals surface area contributed by atoms with Crippen LogP contribution in [-0.4, -0.2) is 49.6 Å². The number of aromatic nitrogens is 3. The van der Waals surface area contributed by atoms with Gasteiger partial charge in [-0.25, -0.2) is 9.38 Å². The molecular weight excluding hydrogens is 368 g/mol. The summed E-state index contributed by atoms with van der Waals surface area (Å²) in [5, 5.41) is -0.642. The summed E-state index contributed by atoms with van der Waals surface area (Å²) in [5.74, 6) is 0.107. The Hall–Kier alpha value is -2.29. The molecule has 0 aliphatic carbocycles.